The van der Waals surface area contributed by atoms with Crippen molar-refractivity contribution in [1.82, 2.24) is 0 Å². The van der Waals surface area contributed by atoms with E-state index in [4.69, 9.17) is 4.43 Å². The van der Waals surface area contributed by atoms with Crippen molar-refractivity contribution >= 4 is 8.32 Å². The van der Waals surface area contributed by atoms with Crippen LogP contribution in [0, 0.1) is 0 Å². The van der Waals surface area contributed by atoms with Gasteiger partial charge in [0.05, 0.1) is 0 Å². The van der Waals surface area contributed by atoms with Gasteiger partial charge in [0.15, 0.2) is 8.32 Å². The highest BCUT2D eigenvalue weighted by atomic mass is 28.4. The second kappa shape index (κ2) is 4.42. The van der Waals surface area contributed by atoms with Crippen molar-refractivity contribution in [3.05, 3.63) is 0 Å². The zero-order chi connectivity index (χ0) is 9.03. The second-order valence-electron chi connectivity index (χ2n) is 4.37. The normalized spacial score (nSPS) is 24.2. The van der Waals surface area contributed by atoms with E-state index in [1.165, 1.54) is 37.8 Å². The Balaban J connectivity index is 2.28. The molecule has 1 nitrogen and oxygen atoms in total. The molecule has 0 radical (unpaired) electrons. The first-order chi connectivity index (χ1) is 5.66. The van der Waals surface area contributed by atoms with E-state index < -0.39 is 8.32 Å². The Bertz CT molecular complexity index is 130. The molecular formula is C10H22OSi. The third-order valence-corrected chi connectivity index (χ3v) is 6.64. The Morgan fingerprint density at radius 1 is 1.33 bits per heavy atom. The summed E-state index contributed by atoms with van der Waals surface area (Å²) in [4.78, 5) is 0. The minimum atomic E-state index is -1.19. The van der Waals surface area contributed by atoms with Gasteiger partial charge in [0.2, 0.25) is 0 Å². The standard InChI is InChI=1S/C10H22OSi/c1-4-7-10(2)11-12(3)8-5-6-9-12/h10H,4-9H2,1-3H3. The van der Waals surface area contributed by atoms with E-state index in [0.717, 1.165) is 0 Å². The van der Waals surface area contributed by atoms with Crippen molar-refractivity contribution in [2.24, 2.45) is 0 Å². The summed E-state index contributed by atoms with van der Waals surface area (Å²) < 4.78 is 6.18. The molecule has 0 aromatic heterocycles. The summed E-state index contributed by atoms with van der Waals surface area (Å²) in [7, 11) is -1.19. The smallest absolute Gasteiger partial charge is 0.190 e. The largest absolute Gasteiger partial charge is 0.414 e. The fraction of sp³-hybridized carbons (Fsp3) is 1.00. The summed E-state index contributed by atoms with van der Waals surface area (Å²) >= 11 is 0. The first-order valence-electron chi connectivity index (χ1n) is 5.34. The lowest BCUT2D eigenvalue weighted by Crippen LogP contribution is -2.34. The molecule has 1 fully saturated rings. The van der Waals surface area contributed by atoms with Crippen LogP contribution in [-0.4, -0.2) is 14.4 Å². The van der Waals surface area contributed by atoms with Crippen molar-refractivity contribution in [3.8, 4) is 0 Å². The lowest BCUT2D eigenvalue weighted by Gasteiger charge is -2.26. The van der Waals surface area contributed by atoms with Crippen LogP contribution in [0.2, 0.25) is 18.6 Å². The average molecular weight is 186 g/mol. The van der Waals surface area contributed by atoms with Gasteiger partial charge < -0.3 is 4.43 Å². The molecule has 0 aliphatic carbocycles. The van der Waals surface area contributed by atoms with Crippen LogP contribution in [0.4, 0.5) is 0 Å². The molecule has 1 saturated heterocycles. The van der Waals surface area contributed by atoms with Crippen molar-refractivity contribution in [1.29, 1.82) is 0 Å². The molecule has 1 aliphatic heterocycles. The van der Waals surface area contributed by atoms with Crippen LogP contribution in [0.5, 0.6) is 0 Å². The Morgan fingerprint density at radius 3 is 2.42 bits per heavy atom. The SMILES string of the molecule is CCCC(C)O[Si]1(C)CCCC1. The molecule has 0 aromatic carbocycles. The zero-order valence-electron chi connectivity index (χ0n) is 8.73. The van der Waals surface area contributed by atoms with Gasteiger partial charge in [-0.05, 0) is 32.0 Å². The van der Waals surface area contributed by atoms with Gasteiger partial charge in [0.25, 0.3) is 0 Å². The first-order valence-corrected chi connectivity index (χ1v) is 8.16. The molecule has 2 heteroatoms. The van der Waals surface area contributed by atoms with Crippen LogP contribution < -0.4 is 0 Å². The third kappa shape index (κ3) is 2.90. The highest BCUT2D eigenvalue weighted by Gasteiger charge is 2.34. The molecule has 1 heterocycles. The van der Waals surface area contributed by atoms with Crippen molar-refractivity contribution in [2.45, 2.75) is 64.3 Å². The van der Waals surface area contributed by atoms with Crippen LogP contribution in [0.15, 0.2) is 0 Å². The fourth-order valence-corrected chi connectivity index (χ4v) is 5.76. The maximum absolute atomic E-state index is 6.18. The summed E-state index contributed by atoms with van der Waals surface area (Å²) in [6.45, 7) is 6.88. The predicted molar refractivity (Wildman–Crippen MR) is 55.9 cm³/mol. The number of rotatable bonds is 4. The average Bonchev–Trinajstić information content (AvgIpc) is 2.36. The van der Waals surface area contributed by atoms with Crippen molar-refractivity contribution in [2.75, 3.05) is 0 Å². The molecule has 0 saturated carbocycles. The number of hydrogen-bond acceptors (Lipinski definition) is 1. The van der Waals surface area contributed by atoms with Gasteiger partial charge in [-0.15, -0.1) is 0 Å². The van der Waals surface area contributed by atoms with E-state index in [1.807, 2.05) is 0 Å². The fourth-order valence-electron chi connectivity index (χ4n) is 2.19. The summed E-state index contributed by atoms with van der Waals surface area (Å²) in [5.41, 5.74) is 0. The molecule has 0 amide bonds. The van der Waals surface area contributed by atoms with Crippen molar-refractivity contribution in [3.63, 3.8) is 0 Å². The van der Waals surface area contributed by atoms with Gasteiger partial charge in [0, 0.05) is 6.10 Å². The van der Waals surface area contributed by atoms with E-state index in [0.29, 0.717) is 6.10 Å². The molecule has 1 aliphatic rings. The molecule has 1 unspecified atom stereocenters. The van der Waals surface area contributed by atoms with Gasteiger partial charge in [-0.25, -0.2) is 0 Å². The summed E-state index contributed by atoms with van der Waals surface area (Å²) in [6, 6.07) is 2.81. The predicted octanol–water partition coefficient (Wildman–Crippen LogP) is 3.56. The van der Waals surface area contributed by atoms with Gasteiger partial charge >= 0.3 is 0 Å². The maximum atomic E-state index is 6.18. The van der Waals surface area contributed by atoms with Crippen LogP contribution >= 0.6 is 0 Å². The molecule has 12 heavy (non-hydrogen) atoms. The highest BCUT2D eigenvalue weighted by molar-refractivity contribution is 6.73. The quantitative estimate of drug-likeness (QED) is 0.610. The molecule has 72 valence electrons. The summed E-state index contributed by atoms with van der Waals surface area (Å²) in [6.07, 6.45) is 5.85. The topological polar surface area (TPSA) is 9.23 Å². The van der Waals surface area contributed by atoms with E-state index in [-0.39, 0.29) is 0 Å². The highest BCUT2D eigenvalue weighted by Crippen LogP contribution is 2.32. The minimum absolute atomic E-state index is 0.518. The van der Waals surface area contributed by atoms with Gasteiger partial charge in [-0.3, -0.25) is 0 Å². The Hall–Kier alpha value is 0.177. The van der Waals surface area contributed by atoms with E-state index in [9.17, 15) is 0 Å². The lowest BCUT2D eigenvalue weighted by atomic mass is 10.2. The lowest BCUT2D eigenvalue weighted by molar-refractivity contribution is 0.199. The number of hydrogen-bond donors (Lipinski definition) is 0. The zero-order valence-corrected chi connectivity index (χ0v) is 9.73. The monoisotopic (exact) mass is 186 g/mol. The van der Waals surface area contributed by atoms with Crippen LogP contribution in [-0.2, 0) is 4.43 Å². The van der Waals surface area contributed by atoms with Crippen molar-refractivity contribution < 1.29 is 4.43 Å². The summed E-state index contributed by atoms with van der Waals surface area (Å²) in [5.74, 6) is 0. The third-order valence-electron chi connectivity index (χ3n) is 2.84. The van der Waals surface area contributed by atoms with Crippen LogP contribution in [0.3, 0.4) is 0 Å². The molecule has 1 rings (SSSR count). The van der Waals surface area contributed by atoms with E-state index >= 15 is 0 Å². The maximum Gasteiger partial charge on any atom is 0.190 e. The summed E-state index contributed by atoms with van der Waals surface area (Å²) in [5, 5.41) is 0. The Morgan fingerprint density at radius 2 is 1.92 bits per heavy atom. The Kier molecular flexibility index (Phi) is 3.78. The van der Waals surface area contributed by atoms with E-state index in [2.05, 4.69) is 20.4 Å². The Labute approximate surface area is 77.6 Å². The first kappa shape index (κ1) is 10.3. The molecular weight excluding hydrogens is 164 g/mol. The molecule has 0 spiro atoms. The van der Waals surface area contributed by atoms with Gasteiger partial charge in [0.1, 0.15) is 0 Å². The molecule has 0 bridgehead atoms. The van der Waals surface area contributed by atoms with E-state index in [1.54, 1.807) is 0 Å². The van der Waals surface area contributed by atoms with Crippen LogP contribution in [0.1, 0.15) is 39.5 Å². The molecule has 0 N–H and O–H groups in total. The second-order valence-corrected chi connectivity index (χ2v) is 8.51. The minimum Gasteiger partial charge on any atom is -0.414 e. The van der Waals surface area contributed by atoms with Crippen LogP contribution in [0.25, 0.3) is 0 Å². The molecule has 0 aromatic rings. The van der Waals surface area contributed by atoms with Gasteiger partial charge in [-0.2, -0.15) is 0 Å². The van der Waals surface area contributed by atoms with Gasteiger partial charge in [-0.1, -0.05) is 26.2 Å². The molecule has 1 atom stereocenters.